The van der Waals surface area contributed by atoms with Crippen molar-refractivity contribution in [2.75, 3.05) is 39.6 Å². The molecule has 1 spiro atoms. The van der Waals surface area contributed by atoms with Gasteiger partial charge in [0, 0.05) is 23.7 Å². The van der Waals surface area contributed by atoms with Gasteiger partial charge in [0.2, 0.25) is 0 Å². The van der Waals surface area contributed by atoms with E-state index >= 15 is 0 Å². The zero-order chi connectivity index (χ0) is 67.5. The lowest BCUT2D eigenvalue weighted by Gasteiger charge is -2.63. The molecule has 0 aromatic rings. The quantitative estimate of drug-likeness (QED) is 0.0605. The highest BCUT2D eigenvalue weighted by atomic mass is 16.8. The maximum absolute atomic E-state index is 14.8. The van der Waals surface area contributed by atoms with E-state index in [2.05, 4.69) is 27.7 Å². The molecule has 0 aromatic carbocycles. The lowest BCUT2D eigenvalue weighted by atomic mass is 9.42. The fourth-order valence-corrected chi connectivity index (χ4v) is 17.7. The van der Waals surface area contributed by atoms with Gasteiger partial charge in [0.25, 0.3) is 0 Å². The first-order valence-electron chi connectivity index (χ1n) is 32.8. The Kier molecular flexibility index (Phi) is 21.3. The van der Waals surface area contributed by atoms with E-state index in [1.165, 1.54) is 12.5 Å². The largest absolute Gasteiger partial charge is 0.396 e. The third kappa shape index (κ3) is 12.1. The van der Waals surface area contributed by atoms with Crippen molar-refractivity contribution in [2.24, 2.45) is 33.5 Å². The monoisotopic (exact) mass is 1340 g/mol. The molecule has 11 aliphatic rings. The van der Waals surface area contributed by atoms with Gasteiger partial charge in [-0.25, -0.2) is 0 Å². The number of hydrogen-bond acceptors (Lipinski definition) is 31. The van der Waals surface area contributed by atoms with Crippen molar-refractivity contribution in [3.05, 3.63) is 11.1 Å². The number of carbonyl (C=O) groups is 2. The summed E-state index contributed by atoms with van der Waals surface area (Å²) in [7, 11) is 0. The van der Waals surface area contributed by atoms with Crippen LogP contribution in [-0.2, 0) is 71.2 Å². The summed E-state index contributed by atoms with van der Waals surface area (Å²) < 4.78 is 79.2. The Balaban J connectivity index is 0.815. The number of fused-ring (bicyclic) bond motifs is 5. The highest BCUT2D eigenvalue weighted by Crippen LogP contribution is 2.74. The van der Waals surface area contributed by atoms with Crippen LogP contribution in [0.5, 0.6) is 0 Å². The molecule has 0 aromatic heterocycles. The van der Waals surface area contributed by atoms with Crippen molar-refractivity contribution < 1.29 is 153 Å². The summed E-state index contributed by atoms with van der Waals surface area (Å²) in [5.74, 6) is -0.106. The van der Waals surface area contributed by atoms with E-state index in [4.69, 9.17) is 61.6 Å². The van der Waals surface area contributed by atoms with Gasteiger partial charge in [0.05, 0.1) is 62.9 Å². The highest BCUT2D eigenvalue weighted by Gasteiger charge is 2.75. The molecular formula is C62H98O31. The molecule has 0 unspecified atom stereocenters. The molecule has 7 heterocycles. The van der Waals surface area contributed by atoms with Crippen LogP contribution in [0.3, 0.4) is 0 Å². The maximum Gasteiger partial charge on any atom is 0.187 e. The predicted octanol–water partition coefficient (Wildman–Crippen LogP) is -5.34. The van der Waals surface area contributed by atoms with Gasteiger partial charge in [-0.2, -0.15) is 0 Å². The van der Waals surface area contributed by atoms with E-state index in [0.29, 0.717) is 51.4 Å². The molecule has 0 bridgehead atoms. The summed E-state index contributed by atoms with van der Waals surface area (Å²) in [5, 5.41) is 177. The van der Waals surface area contributed by atoms with Gasteiger partial charge in [-0.3, -0.25) is 9.59 Å². The van der Waals surface area contributed by atoms with E-state index in [1.807, 2.05) is 13.8 Å². The Hall–Kier alpha value is -2.08. The van der Waals surface area contributed by atoms with Crippen LogP contribution in [0.2, 0.25) is 0 Å². The van der Waals surface area contributed by atoms with Crippen LogP contribution in [0.25, 0.3) is 0 Å². The Morgan fingerprint density at radius 3 is 1.75 bits per heavy atom. The number of carbonyl (C=O) groups excluding carboxylic acids is 2. The van der Waals surface area contributed by atoms with E-state index in [1.54, 1.807) is 0 Å². The first-order valence-corrected chi connectivity index (χ1v) is 32.8. The van der Waals surface area contributed by atoms with Gasteiger partial charge >= 0.3 is 0 Å². The number of aliphatic hydroxyl groups excluding tert-OH is 16. The summed E-state index contributed by atoms with van der Waals surface area (Å²) in [6.45, 7) is 9.68. The zero-order valence-corrected chi connectivity index (χ0v) is 53.3. The first-order chi connectivity index (χ1) is 43.8. The Bertz CT molecular complexity index is 2660. The van der Waals surface area contributed by atoms with Crippen LogP contribution in [0.1, 0.15) is 106 Å². The molecule has 16 N–H and O–H groups in total. The van der Waals surface area contributed by atoms with Crippen molar-refractivity contribution in [3.63, 3.8) is 0 Å². The standard InChI is InChI=1S/C62H98O31/c1-8-27(65)31-15-23(2)62(93-31)16-35(69)61(7)26-9-10-34-58(4,25(26)11-14-60(61,62)6)13-12-36(59(34,5)22-64)88-54-47(80)44(77)41(74)33(87-54)21-84-55-49(39(72)29(67)19-82-55)91-57-51(92-53-46(79)43(76)37(70)24(3)85-53)48(42(75)32(17-63)86-57)89-56-50(40(73)30(68)20-83-56)90-52-45(78)38(71)28(66)18-81-52/h23-24,28-34,36-57,63-64,66-68,70-80H,8-22H2,1-7H3/t23-,24-,28+,29+,30-,31-,32-,33+,34-,36+,37-,38+,39-,40-,41-,42-,43-,44-,45+,46-,47+,48-,49+,50+,51+,52-,53-,54-,55-,56-,57+,58-,59+,60-,61+,62+/m1/s1. The minimum absolute atomic E-state index is 0.0259. The Labute approximate surface area is 537 Å². The summed E-state index contributed by atoms with van der Waals surface area (Å²) >= 11 is 0. The summed E-state index contributed by atoms with van der Waals surface area (Å²) in [4.78, 5) is 27.8. The van der Waals surface area contributed by atoms with Gasteiger partial charge < -0.3 is 143 Å². The number of ether oxygens (including phenoxy) is 13. The van der Waals surface area contributed by atoms with E-state index in [-0.39, 0.29) is 36.4 Å². The first kappa shape index (κ1) is 72.2. The Morgan fingerprint density at radius 1 is 0.548 bits per heavy atom. The van der Waals surface area contributed by atoms with Gasteiger partial charge in [0.15, 0.2) is 43.5 Å². The molecule has 31 nitrogen and oxygen atoms in total. The number of aliphatic hydroxyl groups is 16. The molecule has 36 atom stereocenters. The van der Waals surface area contributed by atoms with Gasteiger partial charge in [-0.05, 0) is 76.0 Å². The van der Waals surface area contributed by atoms with Crippen molar-refractivity contribution in [2.45, 2.75) is 290 Å². The third-order valence-corrected chi connectivity index (χ3v) is 23.7. The summed E-state index contributed by atoms with van der Waals surface area (Å²) in [6, 6.07) is 0. The second kappa shape index (κ2) is 27.5. The molecule has 31 heteroatoms. The van der Waals surface area contributed by atoms with E-state index < -0.39 is 238 Å². The lowest BCUT2D eigenvalue weighted by Crippen LogP contribution is -2.68. The highest BCUT2D eigenvalue weighted by molar-refractivity contribution is 5.94. The second-order valence-corrected chi connectivity index (χ2v) is 28.7. The lowest BCUT2D eigenvalue weighted by molar-refractivity contribution is -0.408. The maximum atomic E-state index is 14.8. The molecule has 0 radical (unpaired) electrons. The van der Waals surface area contributed by atoms with Crippen LogP contribution in [0, 0.1) is 33.5 Å². The molecule has 7 saturated heterocycles. The van der Waals surface area contributed by atoms with E-state index in [0.717, 1.165) is 5.57 Å². The third-order valence-electron chi connectivity index (χ3n) is 23.7. The smallest absolute Gasteiger partial charge is 0.187 e. The molecule has 0 amide bonds. The number of allylic oxidation sites excluding steroid dienone is 2. The van der Waals surface area contributed by atoms with Gasteiger partial charge in [0.1, 0.15) is 134 Å². The molecule has 2 saturated carbocycles. The van der Waals surface area contributed by atoms with Gasteiger partial charge in [-0.1, -0.05) is 45.8 Å². The molecular weight excluding hydrogens is 1240 g/mol. The summed E-state index contributed by atoms with van der Waals surface area (Å²) in [6.07, 6.45) is -46.1. The minimum atomic E-state index is -2.07. The normalized spacial score (nSPS) is 54.4. The van der Waals surface area contributed by atoms with Crippen molar-refractivity contribution in [1.29, 1.82) is 0 Å². The van der Waals surface area contributed by atoms with Crippen LogP contribution in [-0.4, -0.2) is 317 Å². The van der Waals surface area contributed by atoms with Crippen LogP contribution in [0.4, 0.5) is 0 Å². The number of Topliss-reactive ketones (excluding diaryl/α,β-unsaturated/α-hetero) is 2. The SMILES string of the molecule is CCC(=O)[C@H]1C[C@@H](C)[C@]2(CC(=O)[C@]3(C)C4=C(CC[C@]32C)[C@@]2(C)CC[C@H](O[C@H]3O[C@@H](CO[C@H]5OC[C@H](O)[C@@H](O)[C@@H]5O[C@@H]5O[C@H](CO)[C@@H](O)[C@@H](O[C@H]6OC[C@@H](O)[C@@H](O)[C@@H]6O[C@H]6OC[C@H](O)[C@H](O)[C@@H]6O)[C@@H]5O[C@H]5O[C@H](C)[C@@H](O)[C@@H](O)[C@H]5O)[C@@H](O)[C@@H](O)[C@@H]3O)[C@@](C)(CO)[C@@H]2CC4)O1. The van der Waals surface area contributed by atoms with E-state index in [9.17, 15) is 91.3 Å². The van der Waals surface area contributed by atoms with Crippen LogP contribution >= 0.6 is 0 Å². The zero-order valence-electron chi connectivity index (χ0n) is 53.3. The topological polar surface area (TPSA) is 478 Å². The van der Waals surface area contributed by atoms with Crippen molar-refractivity contribution in [1.82, 2.24) is 0 Å². The molecule has 9 fully saturated rings. The molecule has 4 aliphatic carbocycles. The number of ketones is 2. The number of hydrogen-bond donors (Lipinski definition) is 16. The molecule has 532 valence electrons. The van der Waals surface area contributed by atoms with Crippen molar-refractivity contribution >= 4 is 11.6 Å². The van der Waals surface area contributed by atoms with Crippen LogP contribution in [0.15, 0.2) is 11.1 Å². The average Bonchev–Trinajstić information content (AvgIpc) is 1.56. The summed E-state index contributed by atoms with van der Waals surface area (Å²) in [5.41, 5.74) is -1.48. The fourth-order valence-electron chi connectivity index (χ4n) is 17.7. The van der Waals surface area contributed by atoms with Crippen LogP contribution < -0.4 is 0 Å². The number of rotatable bonds is 17. The van der Waals surface area contributed by atoms with Gasteiger partial charge in [-0.15, -0.1) is 0 Å². The fraction of sp³-hybridized carbons (Fsp3) is 0.935. The molecule has 7 aliphatic heterocycles. The second-order valence-electron chi connectivity index (χ2n) is 28.7. The molecule has 11 rings (SSSR count). The average molecular weight is 1340 g/mol. The van der Waals surface area contributed by atoms with Crippen molar-refractivity contribution in [3.8, 4) is 0 Å². The minimum Gasteiger partial charge on any atom is -0.396 e. The Morgan fingerprint density at radius 2 is 1.11 bits per heavy atom. The molecule has 93 heavy (non-hydrogen) atoms. The predicted molar refractivity (Wildman–Crippen MR) is 306 cm³/mol.